The quantitative estimate of drug-likeness (QED) is 0.644. The van der Waals surface area contributed by atoms with Gasteiger partial charge in [-0.3, -0.25) is 0 Å². The van der Waals surface area contributed by atoms with Crippen LogP contribution in [0.5, 0.6) is 23.0 Å². The Morgan fingerprint density at radius 2 is 1.62 bits per heavy atom. The van der Waals surface area contributed by atoms with E-state index in [2.05, 4.69) is 6.07 Å². The number of benzene rings is 2. The van der Waals surface area contributed by atoms with Crippen LogP contribution in [0.2, 0.25) is 0 Å². The summed E-state index contributed by atoms with van der Waals surface area (Å²) in [6.45, 7) is 0. The van der Waals surface area contributed by atoms with Gasteiger partial charge in [-0.25, -0.2) is 0 Å². The molecule has 1 aliphatic heterocycles. The van der Waals surface area contributed by atoms with Gasteiger partial charge < -0.3 is 29.4 Å². The maximum absolute atomic E-state index is 9.99. The number of nitrogens with zero attached hydrogens (tertiary/aromatic N) is 1. The Hall–Kier alpha value is -4.05. The summed E-state index contributed by atoms with van der Waals surface area (Å²) >= 11 is 0. The zero-order valence-corrected chi connectivity index (χ0v) is 19.8. The van der Waals surface area contributed by atoms with Crippen molar-refractivity contribution in [2.75, 3.05) is 28.4 Å². The number of nitrogens with two attached hydrogens (primary N) is 1. The molecule has 4 rings (SSSR count). The van der Waals surface area contributed by atoms with E-state index >= 15 is 0 Å². The molecule has 0 aromatic heterocycles. The molecule has 1 atom stereocenters. The van der Waals surface area contributed by atoms with Crippen molar-refractivity contribution < 1.29 is 23.7 Å². The Morgan fingerprint density at radius 1 is 0.941 bits per heavy atom. The first-order valence-corrected chi connectivity index (χ1v) is 11.0. The molecule has 1 aliphatic carbocycles. The fourth-order valence-corrected chi connectivity index (χ4v) is 4.74. The van der Waals surface area contributed by atoms with Gasteiger partial charge in [-0.05, 0) is 48.6 Å². The summed E-state index contributed by atoms with van der Waals surface area (Å²) in [7, 11) is 6.42. The lowest BCUT2D eigenvalue weighted by atomic mass is 9.76. The van der Waals surface area contributed by atoms with Crippen LogP contribution in [0.15, 0.2) is 64.8 Å². The van der Waals surface area contributed by atoms with Gasteiger partial charge in [-0.2, -0.15) is 5.26 Å². The summed E-state index contributed by atoms with van der Waals surface area (Å²) in [5.74, 6) is 2.87. The highest BCUT2D eigenvalue weighted by Gasteiger charge is 2.37. The molecule has 1 heterocycles. The average molecular weight is 461 g/mol. The zero-order valence-electron chi connectivity index (χ0n) is 19.8. The van der Waals surface area contributed by atoms with Crippen molar-refractivity contribution in [1.29, 1.82) is 5.26 Å². The summed E-state index contributed by atoms with van der Waals surface area (Å²) in [4.78, 5) is 0. The fourth-order valence-electron chi connectivity index (χ4n) is 4.74. The molecule has 7 nitrogen and oxygen atoms in total. The Labute approximate surface area is 199 Å². The van der Waals surface area contributed by atoms with Gasteiger partial charge in [0.1, 0.15) is 17.4 Å². The minimum absolute atomic E-state index is 0.0986. The monoisotopic (exact) mass is 460 g/mol. The van der Waals surface area contributed by atoms with E-state index in [1.807, 2.05) is 42.5 Å². The minimum atomic E-state index is -0.394. The lowest BCUT2D eigenvalue weighted by Gasteiger charge is -2.34. The smallest absolute Gasteiger partial charge is 0.205 e. The van der Waals surface area contributed by atoms with E-state index < -0.39 is 5.92 Å². The topological polar surface area (TPSA) is 96.0 Å². The van der Waals surface area contributed by atoms with Crippen molar-refractivity contribution >= 4 is 6.08 Å². The second kappa shape index (κ2) is 9.84. The first-order valence-electron chi connectivity index (χ1n) is 11.0. The predicted molar refractivity (Wildman–Crippen MR) is 129 cm³/mol. The first-order chi connectivity index (χ1) is 16.6. The van der Waals surface area contributed by atoms with E-state index in [9.17, 15) is 5.26 Å². The van der Waals surface area contributed by atoms with E-state index in [1.54, 1.807) is 28.4 Å². The van der Waals surface area contributed by atoms with Crippen LogP contribution in [0.3, 0.4) is 0 Å². The van der Waals surface area contributed by atoms with Crippen molar-refractivity contribution in [2.45, 2.75) is 25.2 Å². The number of nitriles is 1. The molecule has 0 spiro atoms. The molecule has 176 valence electrons. The number of rotatable bonds is 6. The number of hydrogen-bond donors (Lipinski definition) is 1. The standard InChI is InChI=1S/C27H28N2O5/c1-30-21-12-6-9-17(25(21)32-3)14-16-8-5-10-18-23(20(15-28)27(29)34-24(16)18)19-11-7-13-22(31-2)26(19)33-4/h6-7,9,11-14,23H,5,8,10,29H2,1-4H3/b16-14-/t23-/m1/s1. The van der Waals surface area contributed by atoms with Crippen LogP contribution in [0, 0.1) is 11.3 Å². The van der Waals surface area contributed by atoms with Crippen LogP contribution in [-0.2, 0) is 4.74 Å². The van der Waals surface area contributed by atoms with Gasteiger partial charge in [0.25, 0.3) is 0 Å². The van der Waals surface area contributed by atoms with Gasteiger partial charge >= 0.3 is 0 Å². The summed E-state index contributed by atoms with van der Waals surface area (Å²) in [6, 6.07) is 13.7. The molecule has 2 N–H and O–H groups in total. The highest BCUT2D eigenvalue weighted by atomic mass is 16.5. The van der Waals surface area contributed by atoms with Gasteiger partial charge in [0.05, 0.1) is 34.4 Å². The molecule has 7 heteroatoms. The molecule has 34 heavy (non-hydrogen) atoms. The molecule has 2 aromatic carbocycles. The normalized spacial score (nSPS) is 18.7. The van der Waals surface area contributed by atoms with Crippen molar-refractivity contribution in [1.82, 2.24) is 0 Å². The van der Waals surface area contributed by atoms with E-state index in [0.29, 0.717) is 34.3 Å². The van der Waals surface area contributed by atoms with Crippen LogP contribution < -0.4 is 24.7 Å². The van der Waals surface area contributed by atoms with Crippen LogP contribution in [0.4, 0.5) is 0 Å². The zero-order chi connectivity index (χ0) is 24.2. The van der Waals surface area contributed by atoms with Gasteiger partial charge in [0.15, 0.2) is 23.0 Å². The first kappa shape index (κ1) is 23.1. The maximum Gasteiger partial charge on any atom is 0.205 e. The van der Waals surface area contributed by atoms with Gasteiger partial charge in [-0.15, -0.1) is 0 Å². The van der Waals surface area contributed by atoms with Crippen LogP contribution in [0.25, 0.3) is 6.08 Å². The summed E-state index contributed by atoms with van der Waals surface area (Å²) in [5, 5.41) is 9.99. The van der Waals surface area contributed by atoms with E-state index in [-0.39, 0.29) is 5.88 Å². The molecular formula is C27H28N2O5. The van der Waals surface area contributed by atoms with Crippen molar-refractivity contribution in [2.24, 2.45) is 5.73 Å². The Bertz CT molecular complexity index is 1240. The van der Waals surface area contributed by atoms with Crippen LogP contribution >= 0.6 is 0 Å². The van der Waals surface area contributed by atoms with Crippen LogP contribution in [0.1, 0.15) is 36.3 Å². The third kappa shape index (κ3) is 3.92. The largest absolute Gasteiger partial charge is 0.493 e. The molecule has 0 unspecified atom stereocenters. The van der Waals surface area contributed by atoms with Crippen molar-refractivity contribution in [3.05, 3.63) is 75.9 Å². The van der Waals surface area contributed by atoms with Crippen LogP contribution in [-0.4, -0.2) is 28.4 Å². The molecule has 0 amide bonds. The summed E-state index contributed by atoms with van der Waals surface area (Å²) < 4.78 is 28.4. The Kier molecular flexibility index (Phi) is 6.69. The van der Waals surface area contributed by atoms with Gasteiger partial charge in [-0.1, -0.05) is 24.3 Å². The number of methoxy groups -OCH3 is 4. The predicted octanol–water partition coefficient (Wildman–Crippen LogP) is 5.05. The number of allylic oxidation sites excluding steroid dienone is 3. The molecule has 0 radical (unpaired) electrons. The molecule has 2 aromatic rings. The highest BCUT2D eigenvalue weighted by Crippen LogP contribution is 2.50. The molecule has 0 bridgehead atoms. The number of para-hydroxylation sites is 2. The number of ether oxygens (including phenoxy) is 5. The second-order valence-electron chi connectivity index (χ2n) is 7.97. The van der Waals surface area contributed by atoms with E-state index in [4.69, 9.17) is 29.4 Å². The third-order valence-electron chi connectivity index (χ3n) is 6.22. The molecule has 0 fully saturated rings. The number of hydrogen-bond acceptors (Lipinski definition) is 7. The Balaban J connectivity index is 1.90. The van der Waals surface area contributed by atoms with Gasteiger partial charge in [0.2, 0.25) is 5.88 Å². The summed E-state index contributed by atoms with van der Waals surface area (Å²) in [5.41, 5.74) is 10.3. The minimum Gasteiger partial charge on any atom is -0.493 e. The lowest BCUT2D eigenvalue weighted by Crippen LogP contribution is -2.24. The summed E-state index contributed by atoms with van der Waals surface area (Å²) in [6.07, 6.45) is 4.52. The molecule has 0 saturated heterocycles. The maximum atomic E-state index is 9.99. The SMILES string of the molecule is COc1cccc(/C=C2/CCCC3=C2OC(N)=C(C#N)[C@H]3c2cccc(OC)c2OC)c1OC. The third-order valence-corrected chi connectivity index (χ3v) is 6.22. The van der Waals surface area contributed by atoms with E-state index in [0.717, 1.165) is 41.5 Å². The van der Waals surface area contributed by atoms with Crippen molar-refractivity contribution in [3.8, 4) is 29.1 Å². The second-order valence-corrected chi connectivity index (χ2v) is 7.97. The molecular weight excluding hydrogens is 432 g/mol. The molecule has 0 saturated carbocycles. The lowest BCUT2D eigenvalue weighted by molar-refractivity contribution is 0.276. The highest BCUT2D eigenvalue weighted by molar-refractivity contribution is 5.69. The molecule has 2 aliphatic rings. The van der Waals surface area contributed by atoms with Crippen molar-refractivity contribution in [3.63, 3.8) is 0 Å². The average Bonchev–Trinajstić information content (AvgIpc) is 2.87. The van der Waals surface area contributed by atoms with Gasteiger partial charge in [0, 0.05) is 11.1 Å². The fraction of sp³-hybridized carbons (Fsp3) is 0.296. The Morgan fingerprint density at radius 3 is 2.26 bits per heavy atom. The van der Waals surface area contributed by atoms with E-state index in [1.165, 1.54) is 0 Å².